The molecule has 0 spiro atoms. The molecule has 1 aromatic heterocycles. The van der Waals surface area contributed by atoms with Gasteiger partial charge in [-0.2, -0.15) is 41.3 Å². The number of allylic oxidation sites excluding steroid dienone is 1. The van der Waals surface area contributed by atoms with Crippen LogP contribution in [0.2, 0.25) is 0 Å². The van der Waals surface area contributed by atoms with Crippen molar-refractivity contribution in [1.82, 2.24) is 15.0 Å². The van der Waals surface area contributed by atoms with Crippen LogP contribution >= 0.6 is 0 Å². The summed E-state index contributed by atoms with van der Waals surface area (Å²) in [6.45, 7) is 1.87. The van der Waals surface area contributed by atoms with Gasteiger partial charge in [0, 0.05) is 5.57 Å². The standard InChI is InChI=1S/C16H18F7N5O/c1-3-10(16(21,22)23)25-14-27-12(8-5-4-6-9(29)11(8)17)26-13(28-14)24-7(2)15(18,19)20/h9-10,29H,3-6H2,1-2H3,(H,25,26,27,28)/t9?,10-/m1/s1. The first-order valence-corrected chi connectivity index (χ1v) is 8.61. The van der Waals surface area contributed by atoms with E-state index in [1.54, 1.807) is 0 Å². The van der Waals surface area contributed by atoms with Gasteiger partial charge < -0.3 is 10.4 Å². The lowest BCUT2D eigenvalue weighted by Crippen LogP contribution is -2.36. The van der Waals surface area contributed by atoms with E-state index < -0.39 is 60.2 Å². The van der Waals surface area contributed by atoms with Gasteiger partial charge in [0.05, 0.1) is 0 Å². The van der Waals surface area contributed by atoms with Crippen molar-refractivity contribution in [3.8, 4) is 0 Å². The summed E-state index contributed by atoms with van der Waals surface area (Å²) in [5, 5.41) is 11.6. The minimum Gasteiger partial charge on any atom is -0.386 e. The average Bonchev–Trinajstić information content (AvgIpc) is 2.60. The highest BCUT2D eigenvalue weighted by Crippen LogP contribution is 2.33. The maximum atomic E-state index is 14.3. The zero-order valence-corrected chi connectivity index (χ0v) is 15.4. The molecule has 1 heterocycles. The molecule has 0 radical (unpaired) electrons. The second-order valence-electron chi connectivity index (χ2n) is 6.36. The highest BCUT2D eigenvalue weighted by atomic mass is 19.4. The lowest BCUT2D eigenvalue weighted by molar-refractivity contribution is -0.143. The number of aliphatic hydroxyl groups is 1. The molecule has 0 fully saturated rings. The maximum Gasteiger partial charge on any atom is 0.429 e. The van der Waals surface area contributed by atoms with E-state index in [0.29, 0.717) is 13.3 Å². The number of hydrogen-bond donors (Lipinski definition) is 2. The number of aliphatic imine (C=N–C) groups is 1. The molecule has 1 unspecified atom stereocenters. The van der Waals surface area contributed by atoms with E-state index in [1.807, 2.05) is 5.32 Å². The van der Waals surface area contributed by atoms with Crippen LogP contribution in [0.25, 0.3) is 5.57 Å². The van der Waals surface area contributed by atoms with Crippen molar-refractivity contribution in [2.45, 2.75) is 64.0 Å². The summed E-state index contributed by atoms with van der Waals surface area (Å²) >= 11 is 0. The zero-order valence-electron chi connectivity index (χ0n) is 15.4. The molecule has 1 aromatic rings. The number of hydrogen-bond acceptors (Lipinski definition) is 6. The number of aliphatic hydroxyl groups excluding tert-OH is 1. The Kier molecular flexibility index (Phi) is 6.81. The first-order valence-electron chi connectivity index (χ1n) is 8.61. The highest BCUT2D eigenvalue weighted by molar-refractivity contribution is 5.89. The number of halogens is 7. The van der Waals surface area contributed by atoms with Gasteiger partial charge in [-0.25, -0.2) is 9.38 Å². The van der Waals surface area contributed by atoms with Crippen LogP contribution in [0.5, 0.6) is 0 Å². The van der Waals surface area contributed by atoms with Crippen LogP contribution in [0.4, 0.5) is 42.6 Å². The molecule has 6 nitrogen and oxygen atoms in total. The van der Waals surface area contributed by atoms with Gasteiger partial charge in [0.1, 0.15) is 23.7 Å². The van der Waals surface area contributed by atoms with Crippen LogP contribution in [0, 0.1) is 0 Å². The molecule has 29 heavy (non-hydrogen) atoms. The van der Waals surface area contributed by atoms with E-state index in [9.17, 15) is 35.8 Å². The molecule has 0 aromatic carbocycles. The Hall–Kier alpha value is -2.31. The van der Waals surface area contributed by atoms with Crippen LogP contribution in [0.3, 0.4) is 0 Å². The summed E-state index contributed by atoms with van der Waals surface area (Å²) < 4.78 is 91.6. The molecule has 2 N–H and O–H groups in total. The third-order valence-corrected chi connectivity index (χ3v) is 4.16. The molecule has 0 aliphatic heterocycles. The first kappa shape index (κ1) is 23.0. The molecule has 13 heteroatoms. The molecule has 0 saturated carbocycles. The third-order valence-electron chi connectivity index (χ3n) is 4.16. The molecule has 1 aliphatic rings. The van der Waals surface area contributed by atoms with Crippen LogP contribution in [0.1, 0.15) is 45.4 Å². The molecule has 2 atom stereocenters. The van der Waals surface area contributed by atoms with E-state index in [2.05, 4.69) is 19.9 Å². The molecule has 1 aliphatic carbocycles. The fourth-order valence-electron chi connectivity index (χ4n) is 2.54. The highest BCUT2D eigenvalue weighted by Gasteiger charge is 2.39. The molecule has 0 bridgehead atoms. The van der Waals surface area contributed by atoms with Gasteiger partial charge in [-0.1, -0.05) is 6.92 Å². The van der Waals surface area contributed by atoms with Crippen molar-refractivity contribution in [3.63, 3.8) is 0 Å². The summed E-state index contributed by atoms with van der Waals surface area (Å²) in [6.07, 6.45) is -10.9. The Labute approximate surface area is 161 Å². The predicted molar refractivity (Wildman–Crippen MR) is 90.3 cm³/mol. The Morgan fingerprint density at radius 1 is 1.21 bits per heavy atom. The largest absolute Gasteiger partial charge is 0.429 e. The smallest absolute Gasteiger partial charge is 0.386 e. The van der Waals surface area contributed by atoms with Crippen molar-refractivity contribution in [2.75, 3.05) is 5.32 Å². The minimum atomic E-state index is -4.82. The molecular weight excluding hydrogens is 411 g/mol. The monoisotopic (exact) mass is 429 g/mol. The van der Waals surface area contributed by atoms with Crippen molar-refractivity contribution in [2.24, 2.45) is 4.99 Å². The van der Waals surface area contributed by atoms with E-state index in [4.69, 9.17) is 0 Å². The van der Waals surface area contributed by atoms with Crippen LogP contribution in [-0.4, -0.2) is 50.3 Å². The van der Waals surface area contributed by atoms with Gasteiger partial charge in [-0.15, -0.1) is 0 Å². The number of anilines is 1. The van der Waals surface area contributed by atoms with Gasteiger partial charge in [0.15, 0.2) is 5.82 Å². The number of rotatable bonds is 5. The predicted octanol–water partition coefficient (Wildman–Crippen LogP) is 4.50. The molecule has 0 saturated heterocycles. The SMILES string of the molecule is CC[C@@H](Nc1nc(N=C(C)C(F)(F)F)nc(C2=C(F)C(O)CCC2)n1)C(F)(F)F. The normalized spacial score (nSPS) is 20.1. The van der Waals surface area contributed by atoms with Crippen LogP contribution in [0.15, 0.2) is 10.8 Å². The van der Waals surface area contributed by atoms with Crippen molar-refractivity contribution in [3.05, 3.63) is 11.7 Å². The van der Waals surface area contributed by atoms with E-state index >= 15 is 0 Å². The Morgan fingerprint density at radius 3 is 2.41 bits per heavy atom. The third kappa shape index (κ3) is 5.84. The van der Waals surface area contributed by atoms with E-state index in [1.165, 1.54) is 6.92 Å². The first-order chi connectivity index (χ1) is 13.3. The maximum absolute atomic E-state index is 14.3. The van der Waals surface area contributed by atoms with Gasteiger partial charge >= 0.3 is 12.4 Å². The number of nitrogens with zero attached hydrogens (tertiary/aromatic N) is 4. The fraction of sp³-hybridized carbons (Fsp3) is 0.625. The average molecular weight is 429 g/mol. The lowest BCUT2D eigenvalue weighted by atomic mass is 9.96. The van der Waals surface area contributed by atoms with Gasteiger partial charge in [-0.3, -0.25) is 0 Å². The summed E-state index contributed by atoms with van der Waals surface area (Å²) in [6, 6.07) is -2.09. The molecule has 162 valence electrons. The summed E-state index contributed by atoms with van der Waals surface area (Å²) in [7, 11) is 0. The zero-order chi connectivity index (χ0) is 22.0. The number of alkyl halides is 6. The topological polar surface area (TPSA) is 83.3 Å². The van der Waals surface area contributed by atoms with Crippen LogP contribution < -0.4 is 5.32 Å². The molecule has 0 amide bonds. The van der Waals surface area contributed by atoms with Crippen molar-refractivity contribution >= 4 is 23.2 Å². The summed E-state index contributed by atoms with van der Waals surface area (Å²) in [5.41, 5.74) is -1.56. The van der Waals surface area contributed by atoms with Crippen LogP contribution in [-0.2, 0) is 0 Å². The fourth-order valence-corrected chi connectivity index (χ4v) is 2.54. The lowest BCUT2D eigenvalue weighted by Gasteiger charge is -2.21. The van der Waals surface area contributed by atoms with Crippen molar-refractivity contribution in [1.29, 1.82) is 0 Å². The summed E-state index contributed by atoms with van der Waals surface area (Å²) in [4.78, 5) is 14.1. The number of aromatic nitrogens is 3. The molecular formula is C16H18F7N5O. The second kappa shape index (κ2) is 8.59. The quantitative estimate of drug-likeness (QED) is 0.532. The Bertz CT molecular complexity index is 804. The van der Waals surface area contributed by atoms with Gasteiger partial charge in [0.25, 0.3) is 5.95 Å². The van der Waals surface area contributed by atoms with E-state index in [0.717, 1.165) is 0 Å². The molecule has 2 rings (SSSR count). The Balaban J connectivity index is 2.56. The second-order valence-corrected chi connectivity index (χ2v) is 6.36. The minimum absolute atomic E-state index is 0.0459. The summed E-state index contributed by atoms with van der Waals surface area (Å²) in [5.74, 6) is -3.00. The van der Waals surface area contributed by atoms with Gasteiger partial charge in [-0.05, 0) is 32.6 Å². The van der Waals surface area contributed by atoms with E-state index in [-0.39, 0.29) is 18.4 Å². The number of nitrogens with one attached hydrogen (secondary N) is 1. The van der Waals surface area contributed by atoms with Gasteiger partial charge in [0.2, 0.25) is 5.95 Å². The Morgan fingerprint density at radius 2 is 1.86 bits per heavy atom. The van der Waals surface area contributed by atoms with Crippen molar-refractivity contribution < 1.29 is 35.8 Å².